The van der Waals surface area contributed by atoms with E-state index < -0.39 is 20.0 Å². The number of likely N-dealkylation sites (N-methyl/N-ethyl adjacent to an activating group) is 1. The minimum absolute atomic E-state index is 0.0518. The Morgan fingerprint density at radius 1 is 0.522 bits per heavy atom. The molecule has 0 fully saturated rings. The van der Waals surface area contributed by atoms with Gasteiger partial charge in [0.05, 0.1) is 39.9 Å². The van der Waals surface area contributed by atoms with Crippen LogP contribution in [0.1, 0.15) is 200 Å². The first-order valence-electron chi connectivity index (χ1n) is 26.8. The van der Waals surface area contributed by atoms with Gasteiger partial charge in [-0.25, -0.2) is 4.57 Å². The molecule has 3 atom stereocenters. The number of allylic oxidation sites excluding steroid dienone is 17. The molecule has 0 bridgehead atoms. The van der Waals surface area contributed by atoms with Crippen LogP contribution in [0.2, 0.25) is 0 Å². The van der Waals surface area contributed by atoms with Crippen LogP contribution >= 0.6 is 7.82 Å². The van der Waals surface area contributed by atoms with Gasteiger partial charge in [-0.15, -0.1) is 0 Å². The van der Waals surface area contributed by atoms with E-state index in [1.807, 2.05) is 27.2 Å². The van der Waals surface area contributed by atoms with Gasteiger partial charge < -0.3 is 19.8 Å². The van der Waals surface area contributed by atoms with Crippen LogP contribution in [0, 0.1) is 0 Å². The average Bonchev–Trinajstić information content (AvgIpc) is 3.29. The Labute approximate surface area is 412 Å². The van der Waals surface area contributed by atoms with Gasteiger partial charge in [-0.3, -0.25) is 13.8 Å². The zero-order valence-electron chi connectivity index (χ0n) is 43.6. The van der Waals surface area contributed by atoms with Gasteiger partial charge in [0, 0.05) is 6.42 Å². The SMILES string of the molecule is CC/C=C\C/C=C\C/C=C\C/C=C\C/C=C\C/C=C\C/C=C\CCCCCCCCCCCCCCCCCC(=O)NC(COP(=O)(O)OCC[N+](C)(C)C)C(O)/C=C/CC/C=C/CCCC. The summed E-state index contributed by atoms with van der Waals surface area (Å²) in [5.74, 6) is -0.195. The van der Waals surface area contributed by atoms with Gasteiger partial charge in [0.1, 0.15) is 13.2 Å². The number of nitrogens with one attached hydrogen (secondary N) is 1. The molecule has 0 saturated carbocycles. The van der Waals surface area contributed by atoms with Crippen LogP contribution in [0.25, 0.3) is 0 Å². The largest absolute Gasteiger partial charge is 0.472 e. The lowest BCUT2D eigenvalue weighted by Crippen LogP contribution is -2.45. The number of phosphoric acid groups is 1. The van der Waals surface area contributed by atoms with E-state index in [1.165, 1.54) is 96.3 Å². The summed E-state index contributed by atoms with van der Waals surface area (Å²) in [6, 6.07) is -0.866. The van der Waals surface area contributed by atoms with E-state index in [0.29, 0.717) is 17.4 Å². The zero-order valence-corrected chi connectivity index (χ0v) is 44.5. The van der Waals surface area contributed by atoms with Crippen LogP contribution in [-0.4, -0.2) is 73.4 Å². The van der Waals surface area contributed by atoms with E-state index in [2.05, 4.69) is 116 Å². The fourth-order valence-electron chi connectivity index (χ4n) is 7.02. The molecule has 0 rings (SSSR count). The second-order valence-electron chi connectivity index (χ2n) is 18.9. The second-order valence-corrected chi connectivity index (χ2v) is 20.3. The second kappa shape index (κ2) is 48.2. The third kappa shape index (κ3) is 50.9. The van der Waals surface area contributed by atoms with Gasteiger partial charge in [-0.1, -0.05) is 220 Å². The molecule has 67 heavy (non-hydrogen) atoms. The van der Waals surface area contributed by atoms with Crippen molar-refractivity contribution < 1.29 is 32.9 Å². The van der Waals surface area contributed by atoms with Crippen LogP contribution in [0.4, 0.5) is 0 Å². The maximum Gasteiger partial charge on any atom is 0.472 e. The molecule has 3 unspecified atom stereocenters. The molecular weight excluding hydrogens is 852 g/mol. The highest BCUT2D eigenvalue weighted by molar-refractivity contribution is 7.47. The number of nitrogens with zero attached hydrogens (tertiary/aromatic N) is 1. The van der Waals surface area contributed by atoms with Crippen LogP contribution in [0.5, 0.6) is 0 Å². The highest BCUT2D eigenvalue weighted by Gasteiger charge is 2.27. The number of phosphoric ester groups is 1. The number of quaternary nitrogens is 1. The van der Waals surface area contributed by atoms with Crippen LogP contribution in [0.15, 0.2) is 109 Å². The summed E-state index contributed by atoms with van der Waals surface area (Å²) in [6.45, 7) is 4.58. The van der Waals surface area contributed by atoms with Crippen LogP contribution < -0.4 is 5.32 Å². The Bertz CT molecular complexity index is 1450. The number of hydrogen-bond donors (Lipinski definition) is 3. The van der Waals surface area contributed by atoms with Crippen molar-refractivity contribution >= 4 is 13.7 Å². The van der Waals surface area contributed by atoms with Crippen molar-refractivity contribution in [3.8, 4) is 0 Å². The molecule has 0 saturated heterocycles. The summed E-state index contributed by atoms with van der Waals surface area (Å²) >= 11 is 0. The number of unbranched alkanes of at least 4 members (excludes halogenated alkanes) is 18. The van der Waals surface area contributed by atoms with Crippen molar-refractivity contribution in [2.75, 3.05) is 40.9 Å². The molecule has 384 valence electrons. The van der Waals surface area contributed by atoms with Crippen molar-refractivity contribution in [2.45, 2.75) is 212 Å². The van der Waals surface area contributed by atoms with Crippen LogP contribution in [0.3, 0.4) is 0 Å². The minimum atomic E-state index is -4.35. The molecular formula is C58H102N2O6P+. The summed E-state index contributed by atoms with van der Waals surface area (Å²) < 4.78 is 23.5. The quantitative estimate of drug-likeness (QED) is 0.0243. The summed E-state index contributed by atoms with van der Waals surface area (Å²) in [7, 11) is 1.54. The van der Waals surface area contributed by atoms with E-state index >= 15 is 0 Å². The Hall–Kier alpha value is -2.84. The zero-order chi connectivity index (χ0) is 49.2. The number of carbonyl (C=O) groups is 1. The first-order chi connectivity index (χ1) is 32.5. The van der Waals surface area contributed by atoms with E-state index in [-0.39, 0.29) is 19.1 Å². The summed E-state index contributed by atoms with van der Waals surface area (Å²) in [6.07, 6.45) is 70.8. The normalized spacial score (nSPS) is 14.9. The molecule has 0 radical (unpaired) electrons. The maximum atomic E-state index is 12.9. The molecule has 0 aromatic carbocycles. The van der Waals surface area contributed by atoms with Gasteiger partial charge in [0.25, 0.3) is 0 Å². The first kappa shape index (κ1) is 64.2. The third-order valence-electron chi connectivity index (χ3n) is 11.2. The Morgan fingerprint density at radius 3 is 1.37 bits per heavy atom. The standard InChI is InChI=1S/C58H101N2O6P/c1-6-8-10-12-14-16-17-18-19-20-21-22-23-24-25-26-27-28-29-30-31-32-33-34-35-36-37-38-39-40-41-42-43-44-46-48-50-52-58(62)59-56(55-66-67(63,64)65-54-53-60(3,4)5)57(61)51-49-47-45-15-13-11-9-7-2/h8,10,13-16,18-19,21-22,24-25,27-28,30-31,49,51,56-57,61H,6-7,9,11-12,17,20,23,26,29,32-48,50,52-55H2,1-5H3,(H-,59,62,63,64)/p+1/b10-8-,15-13+,16-14-,19-18-,22-21-,25-24-,28-27-,31-30-,51-49+. The van der Waals surface area contributed by atoms with E-state index in [1.54, 1.807) is 6.08 Å². The van der Waals surface area contributed by atoms with Crippen LogP contribution in [-0.2, 0) is 18.4 Å². The van der Waals surface area contributed by atoms with Crippen molar-refractivity contribution in [3.63, 3.8) is 0 Å². The predicted octanol–water partition coefficient (Wildman–Crippen LogP) is 16.0. The first-order valence-corrected chi connectivity index (χ1v) is 28.3. The summed E-state index contributed by atoms with van der Waals surface area (Å²) in [5, 5.41) is 13.7. The monoisotopic (exact) mass is 954 g/mol. The van der Waals surface area contributed by atoms with E-state index in [4.69, 9.17) is 9.05 Å². The molecule has 0 heterocycles. The summed E-state index contributed by atoms with van der Waals surface area (Å²) in [4.78, 5) is 23.1. The molecule has 0 aromatic rings. The number of aliphatic hydroxyl groups is 1. The number of aliphatic hydroxyl groups excluding tert-OH is 1. The number of hydrogen-bond acceptors (Lipinski definition) is 5. The van der Waals surface area contributed by atoms with E-state index in [0.717, 1.165) is 83.5 Å². The number of carbonyl (C=O) groups excluding carboxylic acids is 1. The highest BCUT2D eigenvalue weighted by Crippen LogP contribution is 2.43. The topological polar surface area (TPSA) is 105 Å². The molecule has 0 aliphatic heterocycles. The minimum Gasteiger partial charge on any atom is -0.387 e. The lowest BCUT2D eigenvalue weighted by molar-refractivity contribution is -0.870. The molecule has 0 aliphatic rings. The van der Waals surface area contributed by atoms with Crippen molar-refractivity contribution in [3.05, 3.63) is 109 Å². The molecule has 3 N–H and O–H groups in total. The third-order valence-corrected chi connectivity index (χ3v) is 12.2. The molecule has 0 spiro atoms. The van der Waals surface area contributed by atoms with Gasteiger partial charge in [-0.05, 0) is 83.5 Å². The van der Waals surface area contributed by atoms with Crippen molar-refractivity contribution in [1.82, 2.24) is 5.32 Å². The van der Waals surface area contributed by atoms with Gasteiger partial charge >= 0.3 is 7.82 Å². The molecule has 9 heteroatoms. The van der Waals surface area contributed by atoms with Crippen molar-refractivity contribution in [2.24, 2.45) is 0 Å². The smallest absolute Gasteiger partial charge is 0.387 e. The molecule has 1 amide bonds. The van der Waals surface area contributed by atoms with E-state index in [9.17, 15) is 19.4 Å². The average molecular weight is 954 g/mol. The lowest BCUT2D eigenvalue weighted by Gasteiger charge is -2.25. The van der Waals surface area contributed by atoms with Gasteiger partial charge in [0.15, 0.2) is 0 Å². The number of rotatable bonds is 47. The molecule has 8 nitrogen and oxygen atoms in total. The van der Waals surface area contributed by atoms with Crippen molar-refractivity contribution in [1.29, 1.82) is 0 Å². The summed E-state index contributed by atoms with van der Waals surface area (Å²) in [5.41, 5.74) is 0. The Kier molecular flexibility index (Phi) is 46.2. The molecule has 0 aliphatic carbocycles. The predicted molar refractivity (Wildman–Crippen MR) is 290 cm³/mol. The maximum absolute atomic E-state index is 12.9. The highest BCUT2D eigenvalue weighted by atomic mass is 31.2. The number of amides is 1. The van der Waals surface area contributed by atoms with Gasteiger partial charge in [-0.2, -0.15) is 0 Å². The lowest BCUT2D eigenvalue weighted by atomic mass is 10.0. The molecule has 0 aromatic heterocycles. The Morgan fingerprint density at radius 2 is 0.910 bits per heavy atom. The van der Waals surface area contributed by atoms with Gasteiger partial charge in [0.2, 0.25) is 5.91 Å². The fraction of sp³-hybridized carbons (Fsp3) is 0.672. The Balaban J connectivity index is 3.95. The fourth-order valence-corrected chi connectivity index (χ4v) is 7.76.